The van der Waals surface area contributed by atoms with Crippen molar-refractivity contribution in [1.82, 2.24) is 0 Å². The third-order valence-electron chi connectivity index (χ3n) is 3.60. The van der Waals surface area contributed by atoms with Crippen molar-refractivity contribution in [3.05, 3.63) is 48.0 Å². The summed E-state index contributed by atoms with van der Waals surface area (Å²) in [6, 6.07) is 0. The molecule has 2 aliphatic carbocycles. The van der Waals surface area contributed by atoms with E-state index in [0.29, 0.717) is 12.2 Å². The fourth-order valence-electron chi connectivity index (χ4n) is 2.15. The van der Waals surface area contributed by atoms with Gasteiger partial charge in [0, 0.05) is 12.8 Å². The van der Waals surface area contributed by atoms with E-state index in [1.807, 2.05) is 0 Å². The molecule has 0 aliphatic heterocycles. The molecule has 2 aliphatic rings. The maximum atomic E-state index is 13.5. The molecule has 2 atom stereocenters. The van der Waals surface area contributed by atoms with Crippen LogP contribution in [0.2, 0.25) is 0 Å². The lowest BCUT2D eigenvalue weighted by Crippen LogP contribution is -2.60. The minimum Gasteiger partial charge on any atom is -0.438 e. The van der Waals surface area contributed by atoms with Gasteiger partial charge in [-0.25, -0.2) is 0 Å². The SMILES string of the molecule is NC1(O)C=CC(OC(OC2=CCC(N)(O)C=C2)(C(F)(F)F)C(F)(F)F)=CC1. The van der Waals surface area contributed by atoms with Gasteiger partial charge in [0.1, 0.15) is 23.0 Å². The summed E-state index contributed by atoms with van der Waals surface area (Å²) in [6.07, 6.45) is -8.60. The number of aliphatic hydroxyl groups is 2. The topological polar surface area (TPSA) is 111 Å². The Morgan fingerprint density at radius 2 is 1.11 bits per heavy atom. The number of ether oxygens (including phenoxy) is 2. The second-order valence-corrected chi connectivity index (χ2v) is 6.09. The van der Waals surface area contributed by atoms with Crippen molar-refractivity contribution in [3.63, 3.8) is 0 Å². The summed E-state index contributed by atoms with van der Waals surface area (Å²) in [5, 5.41) is 19.0. The summed E-state index contributed by atoms with van der Waals surface area (Å²) in [5.74, 6) is -6.74. The van der Waals surface area contributed by atoms with E-state index in [1.54, 1.807) is 0 Å². The fourth-order valence-corrected chi connectivity index (χ4v) is 2.15. The molecular formula is C15H16F6N2O4. The minimum absolute atomic E-state index is 0.479. The van der Waals surface area contributed by atoms with Gasteiger partial charge in [0.25, 0.3) is 0 Å². The Balaban J connectivity index is 2.41. The van der Waals surface area contributed by atoms with E-state index in [1.165, 1.54) is 0 Å². The molecule has 0 heterocycles. The van der Waals surface area contributed by atoms with Crippen LogP contribution in [-0.2, 0) is 9.47 Å². The lowest BCUT2D eigenvalue weighted by molar-refractivity contribution is -0.450. The minimum atomic E-state index is -6.04. The first-order valence-corrected chi connectivity index (χ1v) is 7.40. The average Bonchev–Trinajstić information content (AvgIpc) is 2.48. The van der Waals surface area contributed by atoms with Crippen molar-refractivity contribution in [3.8, 4) is 0 Å². The molecule has 6 nitrogen and oxygen atoms in total. The first-order chi connectivity index (χ1) is 12.1. The number of rotatable bonds is 4. The number of alkyl halides is 6. The molecule has 0 aromatic rings. The van der Waals surface area contributed by atoms with Crippen molar-refractivity contribution >= 4 is 0 Å². The number of hydrogen-bond donors (Lipinski definition) is 4. The summed E-state index contributed by atoms with van der Waals surface area (Å²) in [4.78, 5) is 0. The lowest BCUT2D eigenvalue weighted by Gasteiger charge is -2.38. The highest BCUT2D eigenvalue weighted by molar-refractivity contribution is 5.25. The molecule has 0 spiro atoms. The summed E-state index contributed by atoms with van der Waals surface area (Å²) in [7, 11) is 0. The van der Waals surface area contributed by atoms with E-state index in [9.17, 15) is 36.6 Å². The highest BCUT2D eigenvalue weighted by Gasteiger charge is 2.77. The molecular weight excluding hydrogens is 386 g/mol. The second-order valence-electron chi connectivity index (χ2n) is 6.09. The van der Waals surface area contributed by atoms with Crippen LogP contribution in [0.5, 0.6) is 0 Å². The number of allylic oxidation sites excluding steroid dienone is 2. The van der Waals surface area contributed by atoms with Crippen LogP contribution in [-0.4, -0.2) is 39.8 Å². The molecule has 27 heavy (non-hydrogen) atoms. The van der Waals surface area contributed by atoms with E-state index in [4.69, 9.17) is 11.5 Å². The van der Waals surface area contributed by atoms with Gasteiger partial charge in [-0.05, 0) is 36.5 Å². The Morgan fingerprint density at radius 3 is 1.33 bits per heavy atom. The van der Waals surface area contributed by atoms with Gasteiger partial charge >= 0.3 is 18.1 Å². The van der Waals surface area contributed by atoms with Crippen LogP contribution >= 0.6 is 0 Å². The Hall–Kier alpha value is -2.02. The standard InChI is InChI=1S/C15H16F6N2O4/c16-14(17,18)13(15(19,20)21,26-9-1-5-11(22,24)6-2-9)27-10-3-7-12(23,25)8-4-10/h1-5,7,24-25H,6,8,22-23H2. The van der Waals surface area contributed by atoms with Crippen LogP contribution in [0, 0.1) is 0 Å². The van der Waals surface area contributed by atoms with Crippen LogP contribution in [0.25, 0.3) is 0 Å². The highest BCUT2D eigenvalue weighted by atomic mass is 19.4. The van der Waals surface area contributed by atoms with Gasteiger partial charge in [0.2, 0.25) is 0 Å². The van der Waals surface area contributed by atoms with Gasteiger partial charge in [-0.3, -0.25) is 0 Å². The van der Waals surface area contributed by atoms with Gasteiger partial charge in [-0.15, -0.1) is 0 Å². The van der Waals surface area contributed by atoms with Gasteiger partial charge < -0.3 is 31.2 Å². The molecule has 0 aromatic heterocycles. The molecule has 0 amide bonds. The average molecular weight is 402 g/mol. The Morgan fingerprint density at radius 1 is 0.778 bits per heavy atom. The van der Waals surface area contributed by atoms with E-state index in [-0.39, 0.29) is 0 Å². The Bertz CT molecular complexity index is 644. The zero-order chi connectivity index (χ0) is 20.7. The Kier molecular flexibility index (Phi) is 5.16. The van der Waals surface area contributed by atoms with E-state index < -0.39 is 53.9 Å². The summed E-state index contributed by atoms with van der Waals surface area (Å²) in [6.45, 7) is 0. The van der Waals surface area contributed by atoms with Crippen molar-refractivity contribution in [2.75, 3.05) is 0 Å². The molecule has 2 rings (SSSR count). The third-order valence-corrected chi connectivity index (χ3v) is 3.60. The maximum Gasteiger partial charge on any atom is 0.478 e. The summed E-state index contributed by atoms with van der Waals surface area (Å²) >= 11 is 0. The van der Waals surface area contributed by atoms with Crippen molar-refractivity contribution in [2.24, 2.45) is 11.5 Å². The molecule has 0 fully saturated rings. The molecule has 0 saturated heterocycles. The van der Waals surface area contributed by atoms with Crippen molar-refractivity contribution < 1.29 is 46.0 Å². The van der Waals surface area contributed by atoms with Crippen LogP contribution in [0.3, 0.4) is 0 Å². The predicted octanol–water partition coefficient (Wildman–Crippen LogP) is 1.82. The van der Waals surface area contributed by atoms with Crippen LogP contribution < -0.4 is 11.5 Å². The zero-order valence-corrected chi connectivity index (χ0v) is 13.5. The highest BCUT2D eigenvalue weighted by Crippen LogP contribution is 2.49. The second kappa shape index (κ2) is 6.55. The predicted molar refractivity (Wildman–Crippen MR) is 79.0 cm³/mol. The van der Waals surface area contributed by atoms with Gasteiger partial charge in [0.15, 0.2) is 0 Å². The van der Waals surface area contributed by atoms with E-state index >= 15 is 0 Å². The molecule has 152 valence electrons. The third kappa shape index (κ3) is 4.64. The van der Waals surface area contributed by atoms with Crippen LogP contribution in [0.15, 0.2) is 48.0 Å². The molecule has 0 radical (unpaired) electrons. The zero-order valence-electron chi connectivity index (χ0n) is 13.5. The van der Waals surface area contributed by atoms with Crippen LogP contribution in [0.1, 0.15) is 12.8 Å². The monoisotopic (exact) mass is 402 g/mol. The number of halogens is 6. The maximum absolute atomic E-state index is 13.5. The summed E-state index contributed by atoms with van der Waals surface area (Å²) in [5.41, 5.74) is 6.73. The van der Waals surface area contributed by atoms with Crippen molar-refractivity contribution in [1.29, 1.82) is 0 Å². The molecule has 0 saturated carbocycles. The molecule has 0 aromatic carbocycles. The van der Waals surface area contributed by atoms with Gasteiger partial charge in [-0.2, -0.15) is 26.3 Å². The fraction of sp³-hybridized carbons (Fsp3) is 0.467. The molecule has 6 N–H and O–H groups in total. The van der Waals surface area contributed by atoms with E-state index in [0.717, 1.165) is 24.3 Å². The Labute approximate surface area is 149 Å². The normalized spacial score (nSPS) is 29.3. The molecule has 2 unspecified atom stereocenters. The van der Waals surface area contributed by atoms with Crippen molar-refractivity contribution in [2.45, 2.75) is 42.4 Å². The first kappa shape index (κ1) is 21.3. The summed E-state index contributed by atoms with van der Waals surface area (Å²) < 4.78 is 89.2. The quantitative estimate of drug-likeness (QED) is 0.422. The smallest absolute Gasteiger partial charge is 0.438 e. The molecule has 12 heteroatoms. The van der Waals surface area contributed by atoms with E-state index in [2.05, 4.69) is 9.47 Å². The number of hydrogen-bond acceptors (Lipinski definition) is 6. The van der Waals surface area contributed by atoms with Crippen LogP contribution in [0.4, 0.5) is 26.3 Å². The lowest BCUT2D eigenvalue weighted by atomic mass is 10.0. The largest absolute Gasteiger partial charge is 0.478 e. The number of nitrogens with two attached hydrogens (primary N) is 2. The van der Waals surface area contributed by atoms with Gasteiger partial charge in [0.05, 0.1) is 0 Å². The molecule has 0 bridgehead atoms. The first-order valence-electron chi connectivity index (χ1n) is 7.40. The van der Waals surface area contributed by atoms with Gasteiger partial charge in [-0.1, -0.05) is 0 Å².